The number of nitrogens with zero attached hydrogens (tertiary/aromatic N) is 8. The summed E-state index contributed by atoms with van der Waals surface area (Å²) in [4.78, 5) is 32.8. The van der Waals surface area contributed by atoms with E-state index in [2.05, 4.69) is 35.9 Å². The van der Waals surface area contributed by atoms with Crippen LogP contribution >= 0.6 is 15.9 Å². The Morgan fingerprint density at radius 3 is 2.73 bits per heavy atom. The lowest BCUT2D eigenvalue weighted by atomic mass is 10.2. The highest BCUT2D eigenvalue weighted by Crippen LogP contribution is 2.23. The number of rotatable bonds is 5. The number of anilines is 1. The van der Waals surface area contributed by atoms with Crippen molar-refractivity contribution < 1.29 is 9.53 Å². The number of Topliss-reactive ketones (excluding diaryl/α,β-unsaturated/α-hetero) is 1. The first kappa shape index (κ1) is 18.8. The highest BCUT2D eigenvalue weighted by molar-refractivity contribution is 9.10. The molecular formula is C19H17BrN8O2. The fourth-order valence-electron chi connectivity index (χ4n) is 3.28. The lowest BCUT2D eigenvalue weighted by molar-refractivity contribution is 0.0968. The fraction of sp³-hybridized carbons (Fsp3) is 0.263. The third-order valence-electron chi connectivity index (χ3n) is 4.77. The summed E-state index contributed by atoms with van der Waals surface area (Å²) in [6, 6.07) is 7.09. The Hall–Kier alpha value is -3.18. The van der Waals surface area contributed by atoms with E-state index in [1.807, 2.05) is 6.07 Å². The molecule has 0 saturated carbocycles. The molecule has 30 heavy (non-hydrogen) atoms. The summed E-state index contributed by atoms with van der Waals surface area (Å²) in [7, 11) is 0. The van der Waals surface area contributed by atoms with E-state index >= 15 is 0 Å². The van der Waals surface area contributed by atoms with Crippen molar-refractivity contribution >= 4 is 38.8 Å². The SMILES string of the molecule is O=C(Cn1cnc2c(-n3ccc(Br)n3)nc(N3CCOCC3)nc21)c1ccccn1. The average Bonchev–Trinajstić information content (AvgIpc) is 3.40. The van der Waals surface area contributed by atoms with Crippen molar-refractivity contribution in [1.82, 2.24) is 34.3 Å². The van der Waals surface area contributed by atoms with Crippen LogP contribution in [-0.2, 0) is 11.3 Å². The second kappa shape index (κ2) is 7.92. The van der Waals surface area contributed by atoms with Crippen molar-refractivity contribution in [3.63, 3.8) is 0 Å². The first-order valence-electron chi connectivity index (χ1n) is 9.40. The predicted molar refractivity (Wildman–Crippen MR) is 112 cm³/mol. The van der Waals surface area contributed by atoms with Gasteiger partial charge in [-0.25, -0.2) is 9.67 Å². The fourth-order valence-corrected chi connectivity index (χ4v) is 3.57. The summed E-state index contributed by atoms with van der Waals surface area (Å²) in [5.41, 5.74) is 1.53. The Morgan fingerprint density at radius 2 is 2.00 bits per heavy atom. The normalized spacial score (nSPS) is 14.4. The van der Waals surface area contributed by atoms with Crippen molar-refractivity contribution in [2.45, 2.75) is 6.54 Å². The molecule has 0 unspecified atom stereocenters. The van der Waals surface area contributed by atoms with E-state index < -0.39 is 0 Å². The maximum atomic E-state index is 12.7. The second-order valence-corrected chi connectivity index (χ2v) is 7.52. The van der Waals surface area contributed by atoms with E-state index in [0.29, 0.717) is 59.5 Å². The number of imidazole rings is 1. The van der Waals surface area contributed by atoms with Crippen molar-refractivity contribution in [3.8, 4) is 5.82 Å². The minimum Gasteiger partial charge on any atom is -0.378 e. The van der Waals surface area contributed by atoms with E-state index in [1.54, 1.807) is 46.2 Å². The lowest BCUT2D eigenvalue weighted by Crippen LogP contribution is -2.37. The molecule has 10 nitrogen and oxygen atoms in total. The molecule has 11 heteroatoms. The Labute approximate surface area is 179 Å². The predicted octanol–water partition coefficient (Wildman–Crippen LogP) is 1.89. The Balaban J connectivity index is 1.59. The zero-order chi connectivity index (χ0) is 20.5. The number of halogens is 1. The average molecular weight is 469 g/mol. The number of ether oxygens (including phenoxy) is 1. The van der Waals surface area contributed by atoms with Gasteiger partial charge < -0.3 is 14.2 Å². The zero-order valence-corrected chi connectivity index (χ0v) is 17.4. The monoisotopic (exact) mass is 468 g/mol. The molecule has 0 amide bonds. The van der Waals surface area contributed by atoms with Gasteiger partial charge in [-0.2, -0.15) is 15.1 Å². The van der Waals surface area contributed by atoms with Crippen LogP contribution < -0.4 is 4.90 Å². The van der Waals surface area contributed by atoms with Crippen LogP contribution in [0.4, 0.5) is 5.95 Å². The summed E-state index contributed by atoms with van der Waals surface area (Å²) in [6.45, 7) is 2.68. The number of carbonyl (C=O) groups excluding carboxylic acids is 1. The first-order valence-corrected chi connectivity index (χ1v) is 10.2. The maximum absolute atomic E-state index is 12.7. The van der Waals surface area contributed by atoms with E-state index in [-0.39, 0.29) is 12.3 Å². The van der Waals surface area contributed by atoms with Gasteiger partial charge in [-0.15, -0.1) is 0 Å². The van der Waals surface area contributed by atoms with Crippen LogP contribution in [0.2, 0.25) is 0 Å². The third kappa shape index (κ3) is 3.57. The topological polar surface area (TPSA) is 104 Å². The molecule has 4 aromatic rings. The number of pyridine rings is 1. The summed E-state index contributed by atoms with van der Waals surface area (Å²) >= 11 is 3.37. The van der Waals surface area contributed by atoms with Crippen LogP contribution in [0.15, 0.2) is 47.6 Å². The van der Waals surface area contributed by atoms with E-state index in [9.17, 15) is 4.79 Å². The minimum absolute atomic E-state index is 0.0787. The van der Waals surface area contributed by atoms with Crippen molar-refractivity contribution in [2.24, 2.45) is 0 Å². The molecule has 0 spiro atoms. The van der Waals surface area contributed by atoms with Gasteiger partial charge in [-0.3, -0.25) is 9.78 Å². The van der Waals surface area contributed by atoms with Crippen LogP contribution in [0.1, 0.15) is 10.5 Å². The number of fused-ring (bicyclic) bond motifs is 1. The van der Waals surface area contributed by atoms with Crippen LogP contribution in [-0.4, -0.2) is 66.4 Å². The smallest absolute Gasteiger partial charge is 0.229 e. The van der Waals surface area contributed by atoms with Crippen molar-refractivity contribution in [2.75, 3.05) is 31.2 Å². The Morgan fingerprint density at radius 1 is 1.13 bits per heavy atom. The molecule has 152 valence electrons. The molecule has 0 atom stereocenters. The molecule has 0 radical (unpaired) electrons. The van der Waals surface area contributed by atoms with E-state index in [1.165, 1.54) is 0 Å². The Bertz CT molecular complexity index is 1200. The summed E-state index contributed by atoms with van der Waals surface area (Å²) in [5, 5.41) is 4.41. The number of hydrogen-bond acceptors (Lipinski definition) is 8. The maximum Gasteiger partial charge on any atom is 0.229 e. The molecule has 1 fully saturated rings. The molecule has 0 N–H and O–H groups in total. The molecule has 0 bridgehead atoms. The molecule has 1 aliphatic rings. The van der Waals surface area contributed by atoms with Crippen molar-refractivity contribution in [1.29, 1.82) is 0 Å². The standard InChI is InChI=1S/C19H17BrN8O2/c20-15-4-6-28(25-15)18-16-17(23-19(24-18)26-7-9-30-10-8-26)27(12-22-16)11-14(29)13-3-1-2-5-21-13/h1-6,12H,7-11H2. The molecule has 0 aliphatic carbocycles. The van der Waals surface area contributed by atoms with E-state index in [4.69, 9.17) is 14.7 Å². The quantitative estimate of drug-likeness (QED) is 0.409. The zero-order valence-electron chi connectivity index (χ0n) is 15.8. The van der Waals surface area contributed by atoms with Crippen LogP contribution in [0, 0.1) is 0 Å². The molecule has 5 rings (SSSR count). The molecule has 0 aromatic carbocycles. The molecule has 1 aliphatic heterocycles. The molecule has 5 heterocycles. The van der Waals surface area contributed by atoms with Gasteiger partial charge in [0.05, 0.1) is 26.1 Å². The van der Waals surface area contributed by atoms with Gasteiger partial charge in [0.25, 0.3) is 0 Å². The number of morpholine rings is 1. The van der Waals surface area contributed by atoms with Gasteiger partial charge in [0.1, 0.15) is 10.3 Å². The van der Waals surface area contributed by atoms with Crippen LogP contribution in [0.3, 0.4) is 0 Å². The van der Waals surface area contributed by atoms with Crippen molar-refractivity contribution in [3.05, 3.63) is 53.3 Å². The number of aromatic nitrogens is 7. The Kier molecular flexibility index (Phi) is 4.97. The van der Waals surface area contributed by atoms with Crippen LogP contribution in [0.25, 0.3) is 17.0 Å². The number of hydrogen-bond donors (Lipinski definition) is 0. The first-order chi connectivity index (χ1) is 14.7. The largest absolute Gasteiger partial charge is 0.378 e. The van der Waals surface area contributed by atoms with Gasteiger partial charge in [0, 0.05) is 25.5 Å². The van der Waals surface area contributed by atoms with Gasteiger partial charge in [0.15, 0.2) is 17.0 Å². The van der Waals surface area contributed by atoms with Gasteiger partial charge >= 0.3 is 0 Å². The third-order valence-corrected chi connectivity index (χ3v) is 5.19. The van der Waals surface area contributed by atoms with Gasteiger partial charge in [-0.05, 0) is 34.1 Å². The lowest BCUT2D eigenvalue weighted by Gasteiger charge is -2.27. The minimum atomic E-state index is -0.121. The summed E-state index contributed by atoms with van der Waals surface area (Å²) < 4.78 is 9.51. The van der Waals surface area contributed by atoms with Gasteiger partial charge in [-0.1, -0.05) is 6.07 Å². The highest BCUT2D eigenvalue weighted by atomic mass is 79.9. The molecular weight excluding hydrogens is 452 g/mol. The second-order valence-electron chi connectivity index (χ2n) is 6.71. The van der Waals surface area contributed by atoms with E-state index in [0.717, 1.165) is 0 Å². The van der Waals surface area contributed by atoms with Crippen LogP contribution in [0.5, 0.6) is 0 Å². The summed E-state index contributed by atoms with van der Waals surface area (Å²) in [6.07, 6.45) is 5.00. The molecule has 4 aromatic heterocycles. The summed E-state index contributed by atoms with van der Waals surface area (Å²) in [5.74, 6) is 0.987. The van der Waals surface area contributed by atoms with Gasteiger partial charge in [0.2, 0.25) is 11.7 Å². The number of carbonyl (C=O) groups is 1. The highest BCUT2D eigenvalue weighted by Gasteiger charge is 2.21. The molecule has 1 saturated heterocycles. The number of ketones is 1.